The number of thiophene rings is 2. The first-order chi connectivity index (χ1) is 41.3. The second-order valence-electron chi connectivity index (χ2n) is 29.6. The van der Waals surface area contributed by atoms with E-state index >= 15 is 0 Å². The lowest BCUT2D eigenvalue weighted by molar-refractivity contribution is 0.195. The number of rotatable bonds is 4. The van der Waals surface area contributed by atoms with Gasteiger partial charge in [-0.3, -0.25) is 0 Å². The van der Waals surface area contributed by atoms with Gasteiger partial charge in [0.2, 0.25) is 0 Å². The van der Waals surface area contributed by atoms with Crippen molar-refractivity contribution in [2.45, 2.75) is 160 Å². The first-order valence-electron chi connectivity index (χ1n) is 32.0. The average Bonchev–Trinajstić information content (AvgIpc) is 1.28. The SMILES string of the molecule is Cc1cc2c3c(c1)N(c1cccc4c1sc1ccccc14)c1cc(N4c5ccc(C(C)(C)C)cc5C5(C)CCCCC45C)ccc1B3c1ccc(N3c4ccc(C(C)(C)C)cc4C4(C)CCCCC34C)cc1N2c1ccc2c(c1)sc1ccccc12. The summed E-state index contributed by atoms with van der Waals surface area (Å²) in [5.74, 6) is 0. The summed E-state index contributed by atoms with van der Waals surface area (Å²) in [6.07, 6.45) is 9.65. The fraction of sp³-hybridized carbons (Fsp3) is 0.316. The molecule has 0 saturated heterocycles. The molecule has 17 rings (SSSR count). The highest BCUT2D eigenvalue weighted by Gasteiger charge is 2.60. The zero-order valence-electron chi connectivity index (χ0n) is 52.0. The first-order valence-corrected chi connectivity index (χ1v) is 33.7. The molecule has 0 spiro atoms. The van der Waals surface area contributed by atoms with Crippen molar-refractivity contribution in [3.8, 4) is 0 Å². The van der Waals surface area contributed by atoms with Gasteiger partial charge in [-0.15, -0.1) is 22.7 Å². The van der Waals surface area contributed by atoms with Crippen molar-refractivity contribution in [2.24, 2.45) is 0 Å². The smallest absolute Gasteiger partial charge is 0.252 e. The quantitative estimate of drug-likeness (QED) is 0.163. The van der Waals surface area contributed by atoms with Crippen molar-refractivity contribution in [3.05, 3.63) is 198 Å². The van der Waals surface area contributed by atoms with Gasteiger partial charge in [0.25, 0.3) is 6.71 Å². The molecule has 0 radical (unpaired) electrons. The van der Waals surface area contributed by atoms with Crippen LogP contribution in [0.5, 0.6) is 0 Å². The molecule has 2 aliphatic carbocycles. The Kier molecular flexibility index (Phi) is 11.0. The van der Waals surface area contributed by atoms with E-state index in [2.05, 4.69) is 266 Å². The Bertz CT molecular complexity index is 4730. The van der Waals surface area contributed by atoms with Gasteiger partial charge in [-0.05, 0) is 180 Å². The van der Waals surface area contributed by atoms with Crippen LogP contribution in [0.4, 0.5) is 56.9 Å². The molecule has 11 aromatic rings. The highest BCUT2D eigenvalue weighted by molar-refractivity contribution is 7.26. The summed E-state index contributed by atoms with van der Waals surface area (Å²) in [5.41, 5.74) is 23.9. The molecular weight excluding hydrogens is 1080 g/mol. The van der Waals surface area contributed by atoms with Gasteiger partial charge in [0, 0.05) is 97.7 Å². The maximum absolute atomic E-state index is 2.81. The van der Waals surface area contributed by atoms with Crippen LogP contribution in [0.3, 0.4) is 0 Å². The zero-order chi connectivity index (χ0) is 58.8. The highest BCUT2D eigenvalue weighted by atomic mass is 32.1. The number of benzene rings is 9. The molecule has 2 fully saturated rings. The predicted molar refractivity (Wildman–Crippen MR) is 374 cm³/mol. The van der Waals surface area contributed by atoms with Crippen LogP contribution in [-0.4, -0.2) is 17.8 Å². The summed E-state index contributed by atoms with van der Waals surface area (Å²) < 4.78 is 5.29. The van der Waals surface area contributed by atoms with Crippen LogP contribution >= 0.6 is 22.7 Å². The number of hydrogen-bond acceptors (Lipinski definition) is 6. The maximum Gasteiger partial charge on any atom is 0.252 e. The van der Waals surface area contributed by atoms with E-state index in [4.69, 9.17) is 0 Å². The van der Waals surface area contributed by atoms with Crippen LogP contribution in [-0.2, 0) is 21.7 Å². The summed E-state index contributed by atoms with van der Waals surface area (Å²) >= 11 is 3.85. The van der Waals surface area contributed by atoms with Crippen LogP contribution in [0.15, 0.2) is 170 Å². The summed E-state index contributed by atoms with van der Waals surface area (Å²) in [6, 6.07) is 67.9. The Morgan fingerprint density at radius 2 is 0.884 bits per heavy atom. The second-order valence-corrected chi connectivity index (χ2v) is 31.7. The molecule has 4 aliphatic heterocycles. The summed E-state index contributed by atoms with van der Waals surface area (Å²) in [6.45, 7) is 26.9. The van der Waals surface area contributed by atoms with Crippen LogP contribution in [0.2, 0.25) is 0 Å². The third kappa shape index (κ3) is 7.05. The third-order valence-electron chi connectivity index (χ3n) is 22.9. The Hall–Kier alpha value is -7.32. The third-order valence-corrected chi connectivity index (χ3v) is 25.2. The molecule has 2 saturated carbocycles. The predicted octanol–water partition coefficient (Wildman–Crippen LogP) is 20.9. The number of aryl methyl sites for hydroxylation is 1. The van der Waals surface area contributed by atoms with Crippen molar-refractivity contribution < 1.29 is 0 Å². The van der Waals surface area contributed by atoms with Gasteiger partial charge in [0.1, 0.15) is 0 Å². The Balaban J connectivity index is 0.938. The molecule has 0 N–H and O–H groups in total. The molecule has 2 aromatic heterocycles. The van der Waals surface area contributed by atoms with E-state index < -0.39 is 0 Å². The van der Waals surface area contributed by atoms with Crippen LogP contribution in [0, 0.1) is 6.92 Å². The van der Waals surface area contributed by atoms with Gasteiger partial charge in [-0.2, -0.15) is 0 Å². The Morgan fingerprint density at radius 3 is 1.47 bits per heavy atom. The minimum atomic E-state index is -0.109. The van der Waals surface area contributed by atoms with E-state index in [0.717, 1.165) is 12.8 Å². The molecule has 4 unspecified atom stereocenters. The number of nitrogens with zero attached hydrogens (tertiary/aromatic N) is 4. The van der Waals surface area contributed by atoms with Crippen LogP contribution in [0.1, 0.15) is 148 Å². The zero-order valence-corrected chi connectivity index (χ0v) is 53.6. The maximum atomic E-state index is 2.81. The molecule has 6 heterocycles. The molecule has 9 aromatic carbocycles. The van der Waals surface area contributed by atoms with E-state index in [1.807, 2.05) is 22.7 Å². The number of fused-ring (bicyclic) bond motifs is 16. The van der Waals surface area contributed by atoms with E-state index in [-0.39, 0.29) is 39.5 Å². The molecule has 0 bridgehead atoms. The fourth-order valence-electron chi connectivity index (χ4n) is 17.9. The topological polar surface area (TPSA) is 13.0 Å². The molecule has 4 atom stereocenters. The van der Waals surface area contributed by atoms with Crippen molar-refractivity contribution in [1.82, 2.24) is 0 Å². The molecule has 7 heteroatoms. The van der Waals surface area contributed by atoms with Crippen molar-refractivity contribution in [3.63, 3.8) is 0 Å². The molecule has 428 valence electrons. The standard InChI is InChI=1S/C79H77BN4S2/c1-48-41-67-72-68(42-48)82(64-24-20-23-57-55-22-13-15-26-70(55)86-73(57)64)66-46-53(84-63-36-28-50(75(5,6)7)44-59(63)77(9)38-17-19-40-79(77,84)11)31-34-61(66)80(72)60-33-30-52(45-65(60)81(67)51-29-32-56-54-21-12-14-25-69(54)85-71(56)47-51)83-62-35-27-49(74(2,3)4)43-58(62)76(8)37-16-18-39-78(76,83)10/h12-15,20-36,41-47H,16-19,37-40H2,1-11H3. The number of anilines is 10. The lowest BCUT2D eigenvalue weighted by atomic mass is 9.33. The van der Waals surface area contributed by atoms with Gasteiger partial charge in [-0.1, -0.05) is 172 Å². The van der Waals surface area contributed by atoms with Crippen molar-refractivity contribution in [2.75, 3.05) is 19.6 Å². The van der Waals surface area contributed by atoms with Gasteiger partial charge in [-0.25, -0.2) is 0 Å². The van der Waals surface area contributed by atoms with Crippen molar-refractivity contribution in [1.29, 1.82) is 0 Å². The lowest BCUT2D eigenvalue weighted by Gasteiger charge is -2.51. The minimum absolute atomic E-state index is 0.000127. The minimum Gasteiger partial charge on any atom is -0.334 e. The Labute approximate surface area is 517 Å². The van der Waals surface area contributed by atoms with E-state index in [1.54, 1.807) is 0 Å². The second kappa shape index (κ2) is 17.9. The van der Waals surface area contributed by atoms with Crippen LogP contribution in [0.25, 0.3) is 40.3 Å². The lowest BCUT2D eigenvalue weighted by Crippen LogP contribution is -2.61. The highest BCUT2D eigenvalue weighted by Crippen LogP contribution is 2.64. The normalized spacial score (nSPS) is 23.0. The monoisotopic (exact) mass is 1160 g/mol. The summed E-state index contributed by atoms with van der Waals surface area (Å²) in [7, 11) is 0. The fourth-order valence-corrected chi connectivity index (χ4v) is 20.2. The largest absolute Gasteiger partial charge is 0.334 e. The number of hydrogen-bond donors (Lipinski definition) is 0. The molecular formula is C79H77BN4S2. The molecule has 6 aliphatic rings. The van der Waals surface area contributed by atoms with Crippen LogP contribution < -0.4 is 36.0 Å². The van der Waals surface area contributed by atoms with Gasteiger partial charge in [0.15, 0.2) is 0 Å². The van der Waals surface area contributed by atoms with Gasteiger partial charge >= 0.3 is 0 Å². The molecule has 4 nitrogen and oxygen atoms in total. The van der Waals surface area contributed by atoms with E-state index in [9.17, 15) is 0 Å². The van der Waals surface area contributed by atoms with Gasteiger partial charge < -0.3 is 19.6 Å². The molecule has 0 amide bonds. The van der Waals surface area contributed by atoms with E-state index in [0.29, 0.717) is 0 Å². The Morgan fingerprint density at radius 1 is 0.395 bits per heavy atom. The van der Waals surface area contributed by atoms with Crippen molar-refractivity contribution >= 4 is 143 Å². The van der Waals surface area contributed by atoms with E-state index in [1.165, 1.54) is 180 Å². The first kappa shape index (κ1) is 53.0. The summed E-state index contributed by atoms with van der Waals surface area (Å²) in [4.78, 5) is 11.0. The average molecular weight is 1160 g/mol. The molecule has 86 heavy (non-hydrogen) atoms. The summed E-state index contributed by atoms with van der Waals surface area (Å²) in [5, 5.41) is 5.29. The van der Waals surface area contributed by atoms with Gasteiger partial charge in [0.05, 0.1) is 21.5 Å².